The standard InChI is InChI=1S/C26H29O13P/c1-16(27)33-23-22(37-26(36-19(4)30)25(35-18(3)29)24(23)34-17(2)28)15-32-40(31,38-20-11-7-5-8-12-20)39-21-13-9-6-10-14-21/h5-14,22-26H,15H2,1-4H3/t22-,23-,24+,25-,26+/m0/s1. The zero-order chi connectivity index (χ0) is 29.3. The molecule has 0 N–H and O–H groups in total. The molecule has 216 valence electrons. The monoisotopic (exact) mass is 580 g/mol. The molecule has 1 fully saturated rings. The Kier molecular flexibility index (Phi) is 10.7. The zero-order valence-electron chi connectivity index (χ0n) is 22.1. The van der Waals surface area contributed by atoms with Crippen LogP contribution in [0.1, 0.15) is 27.7 Å². The highest BCUT2D eigenvalue weighted by atomic mass is 31.2. The number of hydrogen-bond donors (Lipinski definition) is 0. The molecule has 1 saturated heterocycles. The molecular formula is C26H29O13P. The number of hydrogen-bond acceptors (Lipinski definition) is 13. The topological polar surface area (TPSA) is 159 Å². The molecule has 0 bridgehead atoms. The molecule has 1 heterocycles. The van der Waals surface area contributed by atoms with Crippen molar-refractivity contribution in [2.24, 2.45) is 0 Å². The molecular weight excluding hydrogens is 551 g/mol. The Labute approximate surface area is 230 Å². The van der Waals surface area contributed by atoms with Crippen LogP contribution in [0.4, 0.5) is 0 Å². The third-order valence-electron chi connectivity index (χ3n) is 5.10. The van der Waals surface area contributed by atoms with Crippen molar-refractivity contribution in [1.82, 2.24) is 0 Å². The van der Waals surface area contributed by atoms with E-state index in [1.165, 1.54) is 24.3 Å². The highest BCUT2D eigenvalue weighted by Crippen LogP contribution is 2.50. The van der Waals surface area contributed by atoms with Crippen molar-refractivity contribution in [3.05, 3.63) is 60.7 Å². The number of benzene rings is 2. The Bertz CT molecular complexity index is 1170. The van der Waals surface area contributed by atoms with Gasteiger partial charge in [-0.05, 0) is 24.3 Å². The summed E-state index contributed by atoms with van der Waals surface area (Å²) in [5, 5.41) is 0. The van der Waals surface area contributed by atoms with E-state index in [0.717, 1.165) is 27.7 Å². The summed E-state index contributed by atoms with van der Waals surface area (Å²) in [5.41, 5.74) is 0. The van der Waals surface area contributed by atoms with Gasteiger partial charge in [-0.15, -0.1) is 0 Å². The number of phosphoric ester groups is 1. The summed E-state index contributed by atoms with van der Waals surface area (Å²) in [6, 6.07) is 16.1. The zero-order valence-corrected chi connectivity index (χ0v) is 23.0. The highest BCUT2D eigenvalue weighted by molar-refractivity contribution is 7.49. The molecule has 0 amide bonds. The van der Waals surface area contributed by atoms with Gasteiger partial charge in [0, 0.05) is 27.7 Å². The minimum absolute atomic E-state index is 0.161. The minimum atomic E-state index is -4.44. The average Bonchev–Trinajstić information content (AvgIpc) is 2.86. The van der Waals surface area contributed by atoms with Gasteiger partial charge in [-0.2, -0.15) is 0 Å². The van der Waals surface area contributed by atoms with Crippen LogP contribution >= 0.6 is 7.82 Å². The van der Waals surface area contributed by atoms with Crippen LogP contribution in [-0.2, 0) is 52.0 Å². The first-order valence-electron chi connectivity index (χ1n) is 12.0. The summed E-state index contributed by atoms with van der Waals surface area (Å²) < 4.78 is 57.4. The summed E-state index contributed by atoms with van der Waals surface area (Å²) in [6.07, 6.45) is -7.47. The first kappa shape index (κ1) is 30.6. The molecule has 13 nitrogen and oxygen atoms in total. The van der Waals surface area contributed by atoms with Gasteiger partial charge in [0.2, 0.25) is 12.4 Å². The number of carbonyl (C=O) groups is 4. The van der Waals surface area contributed by atoms with Crippen LogP contribution in [0.15, 0.2) is 60.7 Å². The van der Waals surface area contributed by atoms with Crippen molar-refractivity contribution in [3.8, 4) is 11.5 Å². The molecule has 3 rings (SSSR count). The van der Waals surface area contributed by atoms with E-state index in [4.69, 9.17) is 37.3 Å². The maximum Gasteiger partial charge on any atom is 0.587 e. The molecule has 1 aliphatic heterocycles. The fraction of sp³-hybridized carbons (Fsp3) is 0.385. The Balaban J connectivity index is 1.95. The van der Waals surface area contributed by atoms with Crippen LogP contribution in [-0.4, -0.2) is 61.2 Å². The van der Waals surface area contributed by atoms with E-state index in [9.17, 15) is 23.7 Å². The van der Waals surface area contributed by atoms with Crippen LogP contribution in [0.25, 0.3) is 0 Å². The molecule has 0 aromatic heterocycles. The van der Waals surface area contributed by atoms with Gasteiger partial charge in [-0.1, -0.05) is 36.4 Å². The molecule has 40 heavy (non-hydrogen) atoms. The van der Waals surface area contributed by atoms with Crippen LogP contribution in [0.5, 0.6) is 11.5 Å². The summed E-state index contributed by atoms with van der Waals surface area (Å²) >= 11 is 0. The first-order valence-corrected chi connectivity index (χ1v) is 13.5. The SMILES string of the molecule is CC(=O)O[C@@H]1O[C@@H](COP(=O)(Oc2ccccc2)Oc2ccccc2)[C@H](OC(C)=O)[C@@H](OC(C)=O)[C@@H]1OC(C)=O. The van der Waals surface area contributed by atoms with E-state index in [1.54, 1.807) is 36.4 Å². The minimum Gasteiger partial charge on any atom is -0.456 e. The molecule has 1 aliphatic rings. The molecule has 0 saturated carbocycles. The molecule has 0 aliphatic carbocycles. The van der Waals surface area contributed by atoms with Crippen molar-refractivity contribution >= 4 is 31.7 Å². The van der Waals surface area contributed by atoms with E-state index in [2.05, 4.69) is 0 Å². The lowest BCUT2D eigenvalue weighted by Gasteiger charge is -2.43. The van der Waals surface area contributed by atoms with E-state index >= 15 is 0 Å². The second kappa shape index (κ2) is 13.9. The first-order chi connectivity index (χ1) is 19.0. The maximum atomic E-state index is 13.8. The average molecular weight is 580 g/mol. The molecule has 14 heteroatoms. The largest absolute Gasteiger partial charge is 0.587 e. The molecule has 2 aromatic carbocycles. The third kappa shape index (κ3) is 9.08. The van der Waals surface area contributed by atoms with Crippen molar-refractivity contribution in [1.29, 1.82) is 0 Å². The van der Waals surface area contributed by atoms with Gasteiger partial charge in [0.1, 0.15) is 17.6 Å². The van der Waals surface area contributed by atoms with Gasteiger partial charge in [0.25, 0.3) is 0 Å². The maximum absolute atomic E-state index is 13.8. The smallest absolute Gasteiger partial charge is 0.456 e. The highest BCUT2D eigenvalue weighted by Gasteiger charge is 2.54. The van der Waals surface area contributed by atoms with Crippen LogP contribution in [0.2, 0.25) is 0 Å². The van der Waals surface area contributed by atoms with Gasteiger partial charge in [0.05, 0.1) is 6.61 Å². The number of carbonyl (C=O) groups excluding carboxylic acids is 4. The van der Waals surface area contributed by atoms with E-state index < -0.39 is 69.0 Å². The molecule has 2 aromatic rings. The Morgan fingerprint density at radius 1 is 0.650 bits per heavy atom. The molecule has 0 spiro atoms. The second-order valence-corrected chi connectivity index (χ2v) is 9.94. The third-order valence-corrected chi connectivity index (χ3v) is 6.43. The number of esters is 4. The number of rotatable bonds is 11. The molecule has 5 atom stereocenters. The van der Waals surface area contributed by atoms with E-state index in [-0.39, 0.29) is 11.5 Å². The summed E-state index contributed by atoms with van der Waals surface area (Å²) in [4.78, 5) is 47.6. The quantitative estimate of drug-likeness (QED) is 0.217. The molecule has 0 radical (unpaired) electrons. The summed E-state index contributed by atoms with van der Waals surface area (Å²) in [6.45, 7) is 3.67. The summed E-state index contributed by atoms with van der Waals surface area (Å²) in [7, 11) is -4.44. The Hall–Kier alpha value is -3.93. The van der Waals surface area contributed by atoms with Crippen LogP contribution < -0.4 is 9.05 Å². The Morgan fingerprint density at radius 3 is 1.52 bits per heavy atom. The molecule has 0 unspecified atom stereocenters. The predicted molar refractivity (Wildman–Crippen MR) is 135 cm³/mol. The fourth-order valence-electron chi connectivity index (χ4n) is 3.70. The van der Waals surface area contributed by atoms with E-state index in [0.29, 0.717) is 0 Å². The predicted octanol–water partition coefficient (Wildman–Crippen LogP) is 3.35. The fourth-order valence-corrected chi connectivity index (χ4v) is 4.94. The number of ether oxygens (including phenoxy) is 5. The van der Waals surface area contributed by atoms with E-state index in [1.807, 2.05) is 0 Å². The van der Waals surface area contributed by atoms with Gasteiger partial charge < -0.3 is 32.7 Å². The van der Waals surface area contributed by atoms with Crippen molar-refractivity contribution < 1.29 is 61.0 Å². The normalized spacial score (nSPS) is 22.4. The van der Waals surface area contributed by atoms with Gasteiger partial charge in [-0.3, -0.25) is 23.7 Å². The Morgan fingerprint density at radius 2 is 1.07 bits per heavy atom. The van der Waals surface area contributed by atoms with Gasteiger partial charge in [0.15, 0.2) is 12.2 Å². The summed E-state index contributed by atoms with van der Waals surface area (Å²) in [5.74, 6) is -2.96. The van der Waals surface area contributed by atoms with Crippen molar-refractivity contribution in [2.75, 3.05) is 6.61 Å². The lowest BCUT2D eigenvalue weighted by Crippen LogP contribution is -2.63. The lowest BCUT2D eigenvalue weighted by molar-refractivity contribution is -0.298. The van der Waals surface area contributed by atoms with Crippen molar-refractivity contribution in [2.45, 2.75) is 58.4 Å². The lowest BCUT2D eigenvalue weighted by atomic mass is 9.98. The van der Waals surface area contributed by atoms with Gasteiger partial charge in [-0.25, -0.2) is 4.57 Å². The van der Waals surface area contributed by atoms with Crippen LogP contribution in [0.3, 0.4) is 0 Å². The number of para-hydroxylation sites is 2. The number of phosphoric acid groups is 1. The second-order valence-electron chi connectivity index (χ2n) is 8.43. The van der Waals surface area contributed by atoms with Gasteiger partial charge >= 0.3 is 31.7 Å². The van der Waals surface area contributed by atoms with Crippen LogP contribution in [0, 0.1) is 0 Å². The van der Waals surface area contributed by atoms with Crippen molar-refractivity contribution in [3.63, 3.8) is 0 Å².